The molecular formula is C23H22FN3O4. The Kier molecular flexibility index (Phi) is 6.92. The molecule has 1 heterocycles. The summed E-state index contributed by atoms with van der Waals surface area (Å²) in [5.41, 5.74) is 1.58. The average Bonchev–Trinajstić information content (AvgIpc) is 3.24. The molecule has 8 heteroatoms. The van der Waals surface area contributed by atoms with Crippen LogP contribution in [0.5, 0.6) is 0 Å². The van der Waals surface area contributed by atoms with Gasteiger partial charge in [0.2, 0.25) is 11.7 Å². The van der Waals surface area contributed by atoms with Crippen LogP contribution in [-0.4, -0.2) is 33.3 Å². The first-order valence-corrected chi connectivity index (χ1v) is 9.82. The molecule has 0 saturated carbocycles. The van der Waals surface area contributed by atoms with Gasteiger partial charge in [-0.15, -0.1) is 0 Å². The fourth-order valence-electron chi connectivity index (χ4n) is 2.93. The third kappa shape index (κ3) is 5.42. The van der Waals surface area contributed by atoms with E-state index in [2.05, 4.69) is 10.3 Å². The lowest BCUT2D eigenvalue weighted by molar-refractivity contribution is -0.116. The van der Waals surface area contributed by atoms with Gasteiger partial charge in [0.25, 0.3) is 0 Å². The number of ketones is 1. The number of Topliss-reactive ketones (excluding diaryl/α,β-unsaturated/α-hetero) is 1. The summed E-state index contributed by atoms with van der Waals surface area (Å²) in [4.78, 5) is 40.8. The second kappa shape index (κ2) is 9.80. The van der Waals surface area contributed by atoms with Crippen molar-refractivity contribution in [3.05, 3.63) is 78.1 Å². The van der Waals surface area contributed by atoms with Crippen LogP contribution in [0.25, 0.3) is 5.69 Å². The first-order valence-electron chi connectivity index (χ1n) is 9.82. The number of carbonyl (C=O) groups excluding carboxylic acids is 3. The van der Waals surface area contributed by atoms with Gasteiger partial charge in [-0.05, 0) is 61.9 Å². The summed E-state index contributed by atoms with van der Waals surface area (Å²) in [7, 11) is 0. The molecule has 7 nitrogen and oxygen atoms in total. The maximum Gasteiger partial charge on any atom is 0.357 e. The van der Waals surface area contributed by atoms with Crippen LogP contribution < -0.4 is 5.32 Å². The minimum Gasteiger partial charge on any atom is -0.450 e. The average molecular weight is 423 g/mol. The third-order valence-electron chi connectivity index (χ3n) is 4.54. The molecule has 2 aromatic carbocycles. The number of ether oxygens (including phenoxy) is 1. The second-order valence-electron chi connectivity index (χ2n) is 6.91. The van der Waals surface area contributed by atoms with Gasteiger partial charge in [0.1, 0.15) is 5.82 Å². The SMILES string of the molecule is CCCC(=O)Nc1ccc(C(=O)C(C)OC(=O)c2cncn2-c2ccc(F)cc2)cc1. The molecule has 31 heavy (non-hydrogen) atoms. The zero-order valence-electron chi connectivity index (χ0n) is 17.2. The first kappa shape index (κ1) is 21.9. The van der Waals surface area contributed by atoms with Crippen molar-refractivity contribution in [3.8, 4) is 5.69 Å². The van der Waals surface area contributed by atoms with E-state index in [0.717, 1.165) is 6.42 Å². The van der Waals surface area contributed by atoms with E-state index in [1.165, 1.54) is 48.3 Å². The van der Waals surface area contributed by atoms with E-state index in [9.17, 15) is 18.8 Å². The molecule has 1 unspecified atom stereocenters. The molecule has 3 rings (SSSR count). The van der Waals surface area contributed by atoms with Crippen LogP contribution >= 0.6 is 0 Å². The molecular weight excluding hydrogens is 401 g/mol. The Balaban J connectivity index is 1.66. The standard InChI is InChI=1S/C23H22FN3O4/c1-3-4-21(28)26-18-9-5-16(6-10-18)22(29)15(2)31-23(30)20-13-25-14-27(20)19-11-7-17(24)8-12-19/h5-15H,3-4H2,1-2H3,(H,26,28). The summed E-state index contributed by atoms with van der Waals surface area (Å²) in [5.74, 6) is -1.61. The topological polar surface area (TPSA) is 90.3 Å². The quantitative estimate of drug-likeness (QED) is 0.434. The van der Waals surface area contributed by atoms with Gasteiger partial charge in [-0.25, -0.2) is 14.2 Å². The van der Waals surface area contributed by atoms with Crippen molar-refractivity contribution in [1.82, 2.24) is 9.55 Å². The van der Waals surface area contributed by atoms with Crippen LogP contribution in [0.1, 0.15) is 47.5 Å². The van der Waals surface area contributed by atoms with Crippen molar-refractivity contribution in [2.75, 3.05) is 5.32 Å². The van der Waals surface area contributed by atoms with E-state index in [4.69, 9.17) is 4.74 Å². The number of esters is 1. The lowest BCUT2D eigenvalue weighted by Gasteiger charge is -2.14. The van der Waals surface area contributed by atoms with Gasteiger partial charge in [0, 0.05) is 23.4 Å². The number of hydrogen-bond acceptors (Lipinski definition) is 5. The van der Waals surface area contributed by atoms with Crippen molar-refractivity contribution in [2.45, 2.75) is 32.8 Å². The van der Waals surface area contributed by atoms with Crippen molar-refractivity contribution in [2.24, 2.45) is 0 Å². The number of anilines is 1. The molecule has 0 fully saturated rings. The van der Waals surface area contributed by atoms with Gasteiger partial charge in [-0.1, -0.05) is 6.92 Å². The second-order valence-corrected chi connectivity index (χ2v) is 6.91. The monoisotopic (exact) mass is 423 g/mol. The summed E-state index contributed by atoms with van der Waals surface area (Å²) in [6.07, 6.45) is 2.84. The molecule has 3 aromatic rings. The van der Waals surface area contributed by atoms with Gasteiger partial charge in [0.15, 0.2) is 11.8 Å². The van der Waals surface area contributed by atoms with Gasteiger partial charge in [-0.2, -0.15) is 0 Å². The van der Waals surface area contributed by atoms with Crippen LogP contribution in [-0.2, 0) is 9.53 Å². The largest absolute Gasteiger partial charge is 0.450 e. The molecule has 0 saturated heterocycles. The molecule has 160 valence electrons. The van der Waals surface area contributed by atoms with Crippen molar-refractivity contribution in [1.29, 1.82) is 0 Å². The Labute approximate surface area is 178 Å². The van der Waals surface area contributed by atoms with E-state index in [-0.39, 0.29) is 17.4 Å². The van der Waals surface area contributed by atoms with Gasteiger partial charge < -0.3 is 10.1 Å². The predicted octanol–water partition coefficient (Wildman–Crippen LogP) is 4.18. The number of nitrogens with zero attached hydrogens (tertiary/aromatic N) is 2. The number of benzene rings is 2. The highest BCUT2D eigenvalue weighted by Gasteiger charge is 2.23. The maximum atomic E-state index is 13.2. The predicted molar refractivity (Wildman–Crippen MR) is 113 cm³/mol. The van der Waals surface area contributed by atoms with Gasteiger partial charge in [-0.3, -0.25) is 14.2 Å². The van der Waals surface area contributed by atoms with Crippen LogP contribution in [0.15, 0.2) is 61.1 Å². The Hall–Kier alpha value is -3.81. The summed E-state index contributed by atoms with van der Waals surface area (Å²) in [6, 6.07) is 11.9. The molecule has 0 aliphatic carbocycles. The number of imidazole rings is 1. The number of carbonyl (C=O) groups is 3. The lowest BCUT2D eigenvalue weighted by atomic mass is 10.1. The number of hydrogen-bond donors (Lipinski definition) is 1. The summed E-state index contributed by atoms with van der Waals surface area (Å²) in [6.45, 7) is 3.40. The normalized spacial score (nSPS) is 11.6. The molecule has 0 bridgehead atoms. The maximum absolute atomic E-state index is 13.2. The lowest BCUT2D eigenvalue weighted by Crippen LogP contribution is -2.25. The van der Waals surface area contributed by atoms with Gasteiger partial charge >= 0.3 is 5.97 Å². The molecule has 1 aromatic heterocycles. The zero-order valence-corrected chi connectivity index (χ0v) is 17.2. The Morgan fingerprint density at radius 1 is 1.10 bits per heavy atom. The molecule has 1 N–H and O–H groups in total. The Morgan fingerprint density at radius 3 is 2.42 bits per heavy atom. The zero-order chi connectivity index (χ0) is 22.4. The Bertz CT molecular complexity index is 1070. The van der Waals surface area contributed by atoms with Crippen molar-refractivity contribution < 1.29 is 23.5 Å². The van der Waals surface area contributed by atoms with Gasteiger partial charge in [0.05, 0.1) is 12.5 Å². The highest BCUT2D eigenvalue weighted by Crippen LogP contribution is 2.16. The minimum atomic E-state index is -1.04. The highest BCUT2D eigenvalue weighted by molar-refractivity contribution is 6.01. The van der Waals surface area contributed by atoms with E-state index < -0.39 is 17.9 Å². The summed E-state index contributed by atoms with van der Waals surface area (Å²) < 4.78 is 19.9. The van der Waals surface area contributed by atoms with Crippen LogP contribution in [0.3, 0.4) is 0 Å². The van der Waals surface area contributed by atoms with E-state index in [0.29, 0.717) is 23.4 Å². The van der Waals surface area contributed by atoms with E-state index in [1.807, 2.05) is 6.92 Å². The molecule has 1 amide bonds. The molecule has 0 spiro atoms. The fraction of sp³-hybridized carbons (Fsp3) is 0.217. The summed E-state index contributed by atoms with van der Waals surface area (Å²) >= 11 is 0. The van der Waals surface area contributed by atoms with Crippen LogP contribution in [0, 0.1) is 5.82 Å². The van der Waals surface area contributed by atoms with Crippen LogP contribution in [0.2, 0.25) is 0 Å². The molecule has 1 atom stereocenters. The molecule has 0 aliphatic heterocycles. The molecule has 0 aliphatic rings. The van der Waals surface area contributed by atoms with Crippen molar-refractivity contribution in [3.63, 3.8) is 0 Å². The number of rotatable bonds is 8. The van der Waals surface area contributed by atoms with Crippen LogP contribution in [0.4, 0.5) is 10.1 Å². The number of aromatic nitrogens is 2. The summed E-state index contributed by atoms with van der Waals surface area (Å²) in [5, 5.41) is 2.75. The van der Waals surface area contributed by atoms with E-state index in [1.54, 1.807) is 24.3 Å². The smallest absolute Gasteiger partial charge is 0.357 e. The molecule has 0 radical (unpaired) electrons. The highest BCUT2D eigenvalue weighted by atomic mass is 19.1. The minimum absolute atomic E-state index is 0.0957. The Morgan fingerprint density at radius 2 is 1.77 bits per heavy atom. The first-order chi connectivity index (χ1) is 14.9. The number of halogens is 1. The number of nitrogens with one attached hydrogen (secondary N) is 1. The van der Waals surface area contributed by atoms with Crippen molar-refractivity contribution >= 4 is 23.3 Å². The van der Waals surface area contributed by atoms with E-state index >= 15 is 0 Å². The number of amides is 1. The fourth-order valence-corrected chi connectivity index (χ4v) is 2.93. The third-order valence-corrected chi connectivity index (χ3v) is 4.54.